The predicted octanol–water partition coefficient (Wildman–Crippen LogP) is 4.28. The van der Waals surface area contributed by atoms with Crippen LogP contribution < -0.4 is 10.1 Å². The van der Waals surface area contributed by atoms with Gasteiger partial charge in [0.1, 0.15) is 5.75 Å². The Hall–Kier alpha value is -2.53. The number of para-hydroxylation sites is 2. The summed E-state index contributed by atoms with van der Waals surface area (Å²) in [5.41, 5.74) is 3.20. The molecule has 5 heteroatoms. The van der Waals surface area contributed by atoms with Crippen LogP contribution in [0.3, 0.4) is 0 Å². The number of thioether (sulfide) groups is 1. The van der Waals surface area contributed by atoms with Gasteiger partial charge in [-0.15, -0.1) is 0 Å². The van der Waals surface area contributed by atoms with E-state index in [9.17, 15) is 4.79 Å². The summed E-state index contributed by atoms with van der Waals surface area (Å²) in [6.45, 7) is 2.70. The van der Waals surface area contributed by atoms with Gasteiger partial charge in [0.15, 0.2) is 0 Å². The van der Waals surface area contributed by atoms with E-state index < -0.39 is 0 Å². The zero-order chi connectivity index (χ0) is 17.9. The molecule has 0 saturated carbocycles. The molecule has 1 aromatic heterocycles. The number of hydrogen-bond donors (Lipinski definition) is 1. The number of benzene rings is 2. The Morgan fingerprint density at radius 2 is 2.04 bits per heavy atom. The number of nitrogens with one attached hydrogen (secondary N) is 1. The van der Waals surface area contributed by atoms with Crippen LogP contribution in [-0.4, -0.2) is 23.3 Å². The number of carbonyl (C=O) groups excluding carboxylic acids is 1. The molecule has 1 unspecified atom stereocenters. The molecule has 1 atom stereocenters. The minimum absolute atomic E-state index is 0.0133. The van der Waals surface area contributed by atoms with E-state index >= 15 is 0 Å². The highest BCUT2D eigenvalue weighted by Crippen LogP contribution is 2.31. The molecule has 2 aromatic carbocycles. The Balaban J connectivity index is 1.42. The van der Waals surface area contributed by atoms with Crippen molar-refractivity contribution in [2.75, 3.05) is 12.4 Å². The number of aryl methyl sites for hydroxylation is 1. The van der Waals surface area contributed by atoms with E-state index in [1.807, 2.05) is 48.5 Å². The molecule has 0 radical (unpaired) electrons. The van der Waals surface area contributed by atoms with E-state index in [0.29, 0.717) is 12.4 Å². The van der Waals surface area contributed by atoms with Gasteiger partial charge < -0.3 is 10.1 Å². The van der Waals surface area contributed by atoms with Gasteiger partial charge in [-0.3, -0.25) is 4.79 Å². The van der Waals surface area contributed by atoms with Crippen LogP contribution in [0.15, 0.2) is 59.6 Å². The van der Waals surface area contributed by atoms with Crippen molar-refractivity contribution in [1.29, 1.82) is 0 Å². The van der Waals surface area contributed by atoms with Crippen molar-refractivity contribution < 1.29 is 9.53 Å². The van der Waals surface area contributed by atoms with E-state index in [-0.39, 0.29) is 11.9 Å². The highest BCUT2D eigenvalue weighted by Gasteiger charge is 2.22. The van der Waals surface area contributed by atoms with Crippen LogP contribution in [0.25, 0.3) is 10.9 Å². The number of pyridine rings is 1. The first-order chi connectivity index (χ1) is 12.7. The zero-order valence-corrected chi connectivity index (χ0v) is 15.4. The summed E-state index contributed by atoms with van der Waals surface area (Å²) in [6, 6.07) is 18.0. The maximum absolute atomic E-state index is 12.4. The van der Waals surface area contributed by atoms with Gasteiger partial charge >= 0.3 is 0 Å². The monoisotopic (exact) mass is 364 g/mol. The normalized spacial score (nSPS) is 16.0. The van der Waals surface area contributed by atoms with Crippen LogP contribution >= 0.6 is 11.8 Å². The third-order valence-electron chi connectivity index (χ3n) is 4.54. The summed E-state index contributed by atoms with van der Waals surface area (Å²) >= 11 is 1.47. The molecular formula is C21H20N2O2S. The van der Waals surface area contributed by atoms with Crippen molar-refractivity contribution in [2.24, 2.45) is 0 Å². The average Bonchev–Trinajstić information content (AvgIpc) is 2.67. The molecule has 4 rings (SSSR count). The first kappa shape index (κ1) is 16.9. The lowest BCUT2D eigenvalue weighted by Gasteiger charge is -2.26. The molecule has 0 fully saturated rings. The SMILES string of the molecule is Cc1cc(SCC(=O)NC2CCOc3ccccc32)nc2ccccc12. The minimum Gasteiger partial charge on any atom is -0.493 e. The van der Waals surface area contributed by atoms with Crippen LogP contribution in [0.4, 0.5) is 0 Å². The maximum Gasteiger partial charge on any atom is 0.230 e. The van der Waals surface area contributed by atoms with Crippen LogP contribution in [0.5, 0.6) is 5.75 Å². The van der Waals surface area contributed by atoms with Gasteiger partial charge in [-0.1, -0.05) is 48.2 Å². The lowest BCUT2D eigenvalue weighted by Crippen LogP contribution is -2.33. The number of amides is 1. The number of fused-ring (bicyclic) bond motifs is 2. The molecule has 132 valence electrons. The average molecular weight is 364 g/mol. The fraction of sp³-hybridized carbons (Fsp3) is 0.238. The number of carbonyl (C=O) groups is 1. The number of aromatic nitrogens is 1. The standard InChI is InChI=1S/C21H20N2O2S/c1-14-12-21(23-17-8-4-2-6-15(14)17)26-13-20(24)22-18-10-11-25-19-9-5-3-7-16(18)19/h2-9,12,18H,10-11,13H2,1H3,(H,22,24). The van der Waals surface area contributed by atoms with Crippen LogP contribution in [0, 0.1) is 6.92 Å². The summed E-state index contributed by atoms with van der Waals surface area (Å²) < 4.78 is 5.65. The van der Waals surface area contributed by atoms with Gasteiger partial charge in [0.2, 0.25) is 5.91 Å². The van der Waals surface area contributed by atoms with Crippen molar-refractivity contribution in [2.45, 2.75) is 24.4 Å². The van der Waals surface area contributed by atoms with Gasteiger partial charge in [0, 0.05) is 17.4 Å². The fourth-order valence-corrected chi connectivity index (χ4v) is 4.05. The molecule has 0 spiro atoms. The summed E-state index contributed by atoms with van der Waals surface area (Å²) in [7, 11) is 0. The summed E-state index contributed by atoms with van der Waals surface area (Å²) in [5.74, 6) is 1.23. The molecule has 1 amide bonds. The zero-order valence-electron chi connectivity index (χ0n) is 14.6. The first-order valence-corrected chi connectivity index (χ1v) is 9.69. The van der Waals surface area contributed by atoms with Gasteiger partial charge in [-0.25, -0.2) is 4.98 Å². The first-order valence-electron chi connectivity index (χ1n) is 8.71. The minimum atomic E-state index is 0.0133. The second-order valence-corrected chi connectivity index (χ2v) is 7.37. The Kier molecular flexibility index (Phi) is 4.80. The number of hydrogen-bond acceptors (Lipinski definition) is 4. The van der Waals surface area contributed by atoms with Gasteiger partial charge in [-0.2, -0.15) is 0 Å². The summed E-state index contributed by atoms with van der Waals surface area (Å²) in [4.78, 5) is 17.1. The molecule has 26 heavy (non-hydrogen) atoms. The van der Waals surface area contributed by atoms with Crippen molar-refractivity contribution in [1.82, 2.24) is 10.3 Å². The van der Waals surface area contributed by atoms with E-state index in [4.69, 9.17) is 4.74 Å². The second-order valence-electron chi connectivity index (χ2n) is 6.38. The smallest absolute Gasteiger partial charge is 0.230 e. The van der Waals surface area contributed by atoms with E-state index in [1.54, 1.807) is 0 Å². The lowest BCUT2D eigenvalue weighted by molar-refractivity contribution is -0.119. The fourth-order valence-electron chi connectivity index (χ4n) is 3.26. The molecule has 1 aliphatic heterocycles. The van der Waals surface area contributed by atoms with E-state index in [2.05, 4.69) is 23.3 Å². The maximum atomic E-state index is 12.4. The quantitative estimate of drug-likeness (QED) is 0.702. The summed E-state index contributed by atoms with van der Waals surface area (Å²) in [6.07, 6.45) is 0.792. The highest BCUT2D eigenvalue weighted by molar-refractivity contribution is 7.99. The van der Waals surface area contributed by atoms with Gasteiger partial charge in [0.25, 0.3) is 0 Å². The van der Waals surface area contributed by atoms with Crippen LogP contribution in [0.1, 0.15) is 23.6 Å². The molecule has 1 aliphatic rings. The number of nitrogens with zero attached hydrogens (tertiary/aromatic N) is 1. The molecule has 4 nitrogen and oxygen atoms in total. The number of rotatable bonds is 4. The van der Waals surface area contributed by atoms with E-state index in [1.165, 1.54) is 17.3 Å². The predicted molar refractivity (Wildman–Crippen MR) is 105 cm³/mol. The third kappa shape index (κ3) is 3.53. The summed E-state index contributed by atoms with van der Waals surface area (Å²) in [5, 5.41) is 5.16. The number of ether oxygens (including phenoxy) is 1. The van der Waals surface area contributed by atoms with Gasteiger partial charge in [0.05, 0.1) is 28.9 Å². The topological polar surface area (TPSA) is 51.2 Å². The van der Waals surface area contributed by atoms with E-state index in [0.717, 1.165) is 33.7 Å². The van der Waals surface area contributed by atoms with Crippen LogP contribution in [-0.2, 0) is 4.79 Å². The lowest BCUT2D eigenvalue weighted by atomic mass is 10.0. The van der Waals surface area contributed by atoms with Crippen molar-refractivity contribution in [3.05, 3.63) is 65.7 Å². The van der Waals surface area contributed by atoms with Gasteiger partial charge in [-0.05, 0) is 30.7 Å². The molecule has 2 heterocycles. The van der Waals surface area contributed by atoms with Crippen molar-refractivity contribution >= 4 is 28.6 Å². The van der Waals surface area contributed by atoms with Crippen molar-refractivity contribution in [3.8, 4) is 5.75 Å². The Morgan fingerprint density at radius 3 is 2.96 bits per heavy atom. The van der Waals surface area contributed by atoms with Crippen molar-refractivity contribution in [3.63, 3.8) is 0 Å². The molecular weight excluding hydrogens is 344 g/mol. The molecule has 0 bridgehead atoms. The molecule has 3 aromatic rings. The largest absolute Gasteiger partial charge is 0.493 e. The highest BCUT2D eigenvalue weighted by atomic mass is 32.2. The third-order valence-corrected chi connectivity index (χ3v) is 5.46. The Bertz CT molecular complexity index is 958. The Labute approximate surface area is 157 Å². The molecule has 1 N–H and O–H groups in total. The Morgan fingerprint density at radius 1 is 1.23 bits per heavy atom. The molecule has 0 aliphatic carbocycles. The second kappa shape index (κ2) is 7.38. The molecule has 0 saturated heterocycles. The van der Waals surface area contributed by atoms with Crippen LogP contribution in [0.2, 0.25) is 0 Å².